The largest absolute Gasteiger partial charge is 0.465 e. The summed E-state index contributed by atoms with van der Waals surface area (Å²) in [6.45, 7) is 3.68. The van der Waals surface area contributed by atoms with E-state index in [2.05, 4.69) is 10.5 Å². The number of nitrogens with zero attached hydrogens (tertiary/aromatic N) is 2. The summed E-state index contributed by atoms with van der Waals surface area (Å²) in [4.78, 5) is 26.0. The second-order valence-electron chi connectivity index (χ2n) is 6.12. The molecule has 0 spiro atoms. The molecule has 0 radical (unpaired) electrons. The zero-order valence-corrected chi connectivity index (χ0v) is 14.1. The lowest BCUT2D eigenvalue weighted by Gasteiger charge is -2.31. The quantitative estimate of drug-likeness (QED) is 0.841. The number of furan rings is 1. The maximum atomic E-state index is 12.2. The van der Waals surface area contributed by atoms with Gasteiger partial charge in [-0.05, 0) is 43.9 Å². The zero-order chi connectivity index (χ0) is 17.6. The molecule has 2 aromatic heterocycles. The van der Waals surface area contributed by atoms with Crippen molar-refractivity contribution in [3.63, 3.8) is 0 Å². The summed E-state index contributed by atoms with van der Waals surface area (Å²) in [6, 6.07) is 3.58. The van der Waals surface area contributed by atoms with Crippen LogP contribution in [0.1, 0.15) is 34.7 Å². The van der Waals surface area contributed by atoms with Crippen LogP contribution in [0.25, 0.3) is 6.08 Å². The molecule has 0 aromatic carbocycles. The lowest BCUT2D eigenvalue weighted by atomic mass is 9.96. The molecule has 132 valence electrons. The highest BCUT2D eigenvalue weighted by atomic mass is 16.5. The minimum atomic E-state index is -0.168. The molecule has 0 unspecified atom stereocenters. The Hall–Kier alpha value is -2.83. The number of piperidine rings is 1. The van der Waals surface area contributed by atoms with E-state index in [1.54, 1.807) is 31.4 Å². The summed E-state index contributed by atoms with van der Waals surface area (Å²) in [5.74, 6) is 1.36. The van der Waals surface area contributed by atoms with Crippen LogP contribution in [0.4, 0.5) is 0 Å². The maximum absolute atomic E-state index is 12.2. The number of nitrogens with one attached hydrogen (secondary N) is 1. The molecule has 0 atom stereocenters. The molecule has 2 aromatic rings. The fourth-order valence-corrected chi connectivity index (χ4v) is 2.85. The molecule has 1 aliphatic rings. The standard InChI is InChI=1S/C18H21N3O4/c1-13-16(12-20-25-13)18(23)19-11-14-6-8-21(9-7-14)17(22)5-4-15-3-2-10-24-15/h2-5,10,12,14H,6-9,11H2,1H3,(H,19,23). The van der Waals surface area contributed by atoms with Gasteiger partial charge in [0.15, 0.2) is 0 Å². The molecule has 0 aliphatic carbocycles. The smallest absolute Gasteiger partial charge is 0.256 e. The lowest BCUT2D eigenvalue weighted by molar-refractivity contribution is -0.127. The van der Waals surface area contributed by atoms with Gasteiger partial charge in [0.1, 0.15) is 17.1 Å². The number of likely N-dealkylation sites (tertiary alicyclic amines) is 1. The fourth-order valence-electron chi connectivity index (χ4n) is 2.85. The van der Waals surface area contributed by atoms with Crippen molar-refractivity contribution in [2.45, 2.75) is 19.8 Å². The van der Waals surface area contributed by atoms with Crippen LogP contribution in [-0.2, 0) is 4.79 Å². The van der Waals surface area contributed by atoms with E-state index < -0.39 is 0 Å². The topological polar surface area (TPSA) is 88.6 Å². The molecule has 3 rings (SSSR count). The first-order valence-corrected chi connectivity index (χ1v) is 8.33. The molecule has 2 amide bonds. The molecule has 0 bridgehead atoms. The van der Waals surface area contributed by atoms with Gasteiger partial charge >= 0.3 is 0 Å². The number of aromatic nitrogens is 1. The second-order valence-corrected chi connectivity index (χ2v) is 6.12. The Morgan fingerprint density at radius 2 is 2.20 bits per heavy atom. The fraction of sp³-hybridized carbons (Fsp3) is 0.389. The van der Waals surface area contributed by atoms with E-state index in [0.717, 1.165) is 12.8 Å². The summed E-state index contributed by atoms with van der Waals surface area (Å²) in [5.41, 5.74) is 0.468. The van der Waals surface area contributed by atoms with Crippen molar-refractivity contribution in [1.29, 1.82) is 0 Å². The second kappa shape index (κ2) is 7.83. The number of carbonyl (C=O) groups is 2. The predicted octanol–water partition coefficient (Wildman–Crippen LogP) is 2.26. The number of aryl methyl sites for hydroxylation is 1. The van der Waals surface area contributed by atoms with Gasteiger partial charge in [0.2, 0.25) is 5.91 Å². The van der Waals surface area contributed by atoms with Crippen molar-refractivity contribution in [3.05, 3.63) is 47.8 Å². The highest BCUT2D eigenvalue weighted by Gasteiger charge is 2.22. The maximum Gasteiger partial charge on any atom is 0.256 e. The van der Waals surface area contributed by atoms with Crippen LogP contribution in [0.5, 0.6) is 0 Å². The van der Waals surface area contributed by atoms with Crippen LogP contribution in [0.2, 0.25) is 0 Å². The predicted molar refractivity (Wildman–Crippen MR) is 90.6 cm³/mol. The number of hydrogen-bond acceptors (Lipinski definition) is 5. The average molecular weight is 343 g/mol. The molecule has 25 heavy (non-hydrogen) atoms. The van der Waals surface area contributed by atoms with Gasteiger partial charge < -0.3 is 19.2 Å². The summed E-state index contributed by atoms with van der Waals surface area (Å²) in [6.07, 6.45) is 7.94. The SMILES string of the molecule is Cc1oncc1C(=O)NCC1CCN(C(=O)C=Cc2ccco2)CC1. The van der Waals surface area contributed by atoms with Crippen molar-refractivity contribution in [2.75, 3.05) is 19.6 Å². The molecular weight excluding hydrogens is 322 g/mol. The highest BCUT2D eigenvalue weighted by Crippen LogP contribution is 2.17. The van der Waals surface area contributed by atoms with Gasteiger partial charge in [0.25, 0.3) is 5.91 Å². The summed E-state index contributed by atoms with van der Waals surface area (Å²) >= 11 is 0. The molecule has 1 saturated heterocycles. The molecule has 1 fully saturated rings. The van der Waals surface area contributed by atoms with E-state index >= 15 is 0 Å². The Kier molecular flexibility index (Phi) is 5.33. The molecule has 0 saturated carbocycles. The molecule has 1 aliphatic heterocycles. The van der Waals surface area contributed by atoms with Gasteiger partial charge in [-0.15, -0.1) is 0 Å². The summed E-state index contributed by atoms with van der Waals surface area (Å²) in [5, 5.41) is 6.52. The van der Waals surface area contributed by atoms with E-state index in [1.807, 2.05) is 4.90 Å². The van der Waals surface area contributed by atoms with Crippen molar-refractivity contribution in [2.24, 2.45) is 5.92 Å². The minimum Gasteiger partial charge on any atom is -0.465 e. The van der Waals surface area contributed by atoms with E-state index in [0.29, 0.717) is 42.6 Å². The summed E-state index contributed by atoms with van der Waals surface area (Å²) < 4.78 is 10.1. The van der Waals surface area contributed by atoms with Gasteiger partial charge in [-0.25, -0.2) is 0 Å². The molecule has 7 heteroatoms. The van der Waals surface area contributed by atoms with Crippen molar-refractivity contribution >= 4 is 17.9 Å². The van der Waals surface area contributed by atoms with Crippen LogP contribution >= 0.6 is 0 Å². The Morgan fingerprint density at radius 1 is 1.40 bits per heavy atom. The number of amides is 2. The van der Waals surface area contributed by atoms with Gasteiger partial charge in [-0.2, -0.15) is 0 Å². The van der Waals surface area contributed by atoms with Crippen molar-refractivity contribution < 1.29 is 18.5 Å². The number of rotatable bonds is 5. The first-order chi connectivity index (χ1) is 12.1. The van der Waals surface area contributed by atoms with Crippen molar-refractivity contribution in [1.82, 2.24) is 15.4 Å². The van der Waals surface area contributed by atoms with Gasteiger partial charge in [0.05, 0.1) is 12.5 Å². The average Bonchev–Trinajstić information content (AvgIpc) is 3.29. The van der Waals surface area contributed by atoms with Crippen LogP contribution in [0.3, 0.4) is 0 Å². The van der Waals surface area contributed by atoms with Gasteiger partial charge in [-0.3, -0.25) is 9.59 Å². The zero-order valence-electron chi connectivity index (χ0n) is 14.1. The van der Waals surface area contributed by atoms with E-state index in [4.69, 9.17) is 8.94 Å². The first-order valence-electron chi connectivity index (χ1n) is 8.33. The van der Waals surface area contributed by atoms with Gasteiger partial charge in [-0.1, -0.05) is 5.16 Å². The Morgan fingerprint density at radius 3 is 2.84 bits per heavy atom. The molecular formula is C18H21N3O4. The van der Waals surface area contributed by atoms with Gasteiger partial charge in [0, 0.05) is 25.7 Å². The highest BCUT2D eigenvalue weighted by molar-refractivity contribution is 5.94. The molecule has 3 heterocycles. The molecule has 1 N–H and O–H groups in total. The van der Waals surface area contributed by atoms with Crippen LogP contribution in [0, 0.1) is 12.8 Å². The third-order valence-corrected chi connectivity index (χ3v) is 4.41. The number of carbonyl (C=O) groups excluding carboxylic acids is 2. The molecule has 7 nitrogen and oxygen atoms in total. The normalized spacial score (nSPS) is 15.6. The summed E-state index contributed by atoms with van der Waals surface area (Å²) in [7, 11) is 0. The van der Waals surface area contributed by atoms with Crippen LogP contribution in [0.15, 0.2) is 39.6 Å². The van der Waals surface area contributed by atoms with E-state index in [9.17, 15) is 9.59 Å². The first kappa shape index (κ1) is 17.0. The van der Waals surface area contributed by atoms with Crippen LogP contribution in [-0.4, -0.2) is 41.5 Å². The lowest BCUT2D eigenvalue weighted by Crippen LogP contribution is -2.41. The minimum absolute atomic E-state index is 0.0148. The van der Waals surface area contributed by atoms with E-state index in [-0.39, 0.29) is 11.8 Å². The Balaban J connectivity index is 1.42. The number of hydrogen-bond donors (Lipinski definition) is 1. The third kappa shape index (κ3) is 4.37. The Labute approximate surface area is 145 Å². The Bertz CT molecular complexity index is 740. The van der Waals surface area contributed by atoms with E-state index in [1.165, 1.54) is 12.3 Å². The van der Waals surface area contributed by atoms with Crippen molar-refractivity contribution in [3.8, 4) is 0 Å². The third-order valence-electron chi connectivity index (χ3n) is 4.41. The van der Waals surface area contributed by atoms with Crippen LogP contribution < -0.4 is 5.32 Å². The monoisotopic (exact) mass is 343 g/mol.